The van der Waals surface area contributed by atoms with Crippen LogP contribution in [0.4, 0.5) is 14.6 Å². The molecule has 0 fully saturated rings. The molecule has 2 aromatic rings. The molecule has 0 aliphatic carbocycles. The van der Waals surface area contributed by atoms with Gasteiger partial charge in [0.05, 0.1) is 17.5 Å². The van der Waals surface area contributed by atoms with Crippen LogP contribution in [0.5, 0.6) is 5.88 Å². The Kier molecular flexibility index (Phi) is 4.60. The predicted octanol–water partition coefficient (Wildman–Crippen LogP) is 0.984. The topological polar surface area (TPSA) is 47.4 Å². The van der Waals surface area contributed by atoms with Crippen LogP contribution in [-0.4, -0.2) is 36.8 Å². The maximum absolute atomic E-state index is 13.6. The zero-order valence-corrected chi connectivity index (χ0v) is 16.5. The summed E-state index contributed by atoms with van der Waals surface area (Å²) in [5.41, 5.74) is -0.314. The average Bonchev–Trinajstić information content (AvgIpc) is 2.76. The highest BCUT2D eigenvalue weighted by Crippen LogP contribution is 2.36. The minimum atomic E-state index is -1.07. The molecule has 0 amide bonds. The number of anilines is 1. The molecule has 0 radical (unpaired) electrons. The summed E-state index contributed by atoms with van der Waals surface area (Å²) in [6, 6.07) is 5.13. The molecule has 2 heterocycles. The Balaban J connectivity index is 2.01. The van der Waals surface area contributed by atoms with Gasteiger partial charge < -0.3 is 9.64 Å². The summed E-state index contributed by atoms with van der Waals surface area (Å²) in [7, 11) is 3.36. The lowest BCUT2D eigenvalue weighted by Crippen LogP contribution is -2.45. The Hall–Kier alpha value is -2.31. The number of halogens is 2. The third-order valence-corrected chi connectivity index (χ3v) is 4.84. The third-order valence-electron chi connectivity index (χ3n) is 4.84. The normalized spacial score (nSPS) is 15.9. The Bertz CT molecular complexity index is 924. The van der Waals surface area contributed by atoms with Gasteiger partial charge in [0.25, 0.3) is 0 Å². The molecule has 1 aromatic heterocycles. The van der Waals surface area contributed by atoms with Crippen molar-refractivity contribution in [3.8, 4) is 5.88 Å². The van der Waals surface area contributed by atoms with Gasteiger partial charge in [0.2, 0.25) is 5.88 Å². The standard InChI is InChI=1S/C18H23B2F2N3O2/c1-10(2)25-15-8-14(23-16(26)24(15)9-17(25,3)4)27-18(19,20)11-5-12(21)7-13(22)6-11/h5-8,10H,9,19-20H2,1-4H3. The van der Waals surface area contributed by atoms with Crippen molar-refractivity contribution < 1.29 is 13.5 Å². The Labute approximate surface area is 159 Å². The van der Waals surface area contributed by atoms with Crippen molar-refractivity contribution in [2.75, 3.05) is 4.90 Å². The van der Waals surface area contributed by atoms with E-state index in [9.17, 15) is 13.6 Å². The van der Waals surface area contributed by atoms with E-state index in [4.69, 9.17) is 4.74 Å². The number of hydrogen-bond donors (Lipinski definition) is 0. The minimum Gasteiger partial charge on any atom is -0.485 e. The first-order valence-electron chi connectivity index (χ1n) is 8.97. The van der Waals surface area contributed by atoms with Crippen LogP contribution in [0.1, 0.15) is 33.3 Å². The molecule has 3 rings (SSSR count). The summed E-state index contributed by atoms with van der Waals surface area (Å²) in [6.07, 6.45) is 0. The van der Waals surface area contributed by atoms with Crippen LogP contribution in [0.15, 0.2) is 29.1 Å². The van der Waals surface area contributed by atoms with E-state index >= 15 is 0 Å². The SMILES string of the molecule is BC(B)(Oc1cc2n(c(=O)n1)CC(C)(C)N2C(C)C)c1cc(F)cc(F)c1. The van der Waals surface area contributed by atoms with E-state index in [0.29, 0.717) is 12.1 Å². The summed E-state index contributed by atoms with van der Waals surface area (Å²) < 4.78 is 34.7. The van der Waals surface area contributed by atoms with Crippen LogP contribution in [0.2, 0.25) is 0 Å². The van der Waals surface area contributed by atoms with Gasteiger partial charge in [0, 0.05) is 18.2 Å². The fourth-order valence-electron chi connectivity index (χ4n) is 3.83. The zero-order chi connectivity index (χ0) is 20.1. The number of fused-ring (bicyclic) bond motifs is 1. The largest absolute Gasteiger partial charge is 0.485 e. The summed E-state index contributed by atoms with van der Waals surface area (Å²) in [5, 5.41) is -1.07. The first-order chi connectivity index (χ1) is 12.4. The number of rotatable bonds is 4. The van der Waals surface area contributed by atoms with E-state index in [1.54, 1.807) is 26.3 Å². The van der Waals surface area contributed by atoms with Crippen LogP contribution in [0, 0.1) is 11.6 Å². The van der Waals surface area contributed by atoms with Crippen molar-refractivity contribution in [3.05, 3.63) is 51.9 Å². The maximum atomic E-state index is 13.6. The van der Waals surface area contributed by atoms with Gasteiger partial charge in [-0.15, -0.1) is 0 Å². The van der Waals surface area contributed by atoms with Crippen molar-refractivity contribution >= 4 is 21.5 Å². The van der Waals surface area contributed by atoms with Crippen molar-refractivity contribution in [2.45, 2.75) is 51.2 Å². The van der Waals surface area contributed by atoms with E-state index in [0.717, 1.165) is 11.9 Å². The van der Waals surface area contributed by atoms with Gasteiger partial charge in [-0.2, -0.15) is 4.98 Å². The van der Waals surface area contributed by atoms with E-state index in [1.165, 1.54) is 12.1 Å². The molecular formula is C18H23B2F2N3O2. The monoisotopic (exact) mass is 373 g/mol. The molecule has 27 heavy (non-hydrogen) atoms. The maximum Gasteiger partial charge on any atom is 0.352 e. The molecule has 5 nitrogen and oxygen atoms in total. The molecule has 0 atom stereocenters. The molecule has 9 heteroatoms. The summed E-state index contributed by atoms with van der Waals surface area (Å²) in [5.74, 6) is -0.511. The number of nitrogens with zero attached hydrogens (tertiary/aromatic N) is 3. The van der Waals surface area contributed by atoms with Gasteiger partial charge in [-0.25, -0.2) is 13.6 Å². The molecule has 1 aromatic carbocycles. The molecule has 0 saturated heterocycles. The second-order valence-electron chi connectivity index (χ2n) is 8.37. The zero-order valence-electron chi connectivity index (χ0n) is 16.5. The first kappa shape index (κ1) is 19.5. The molecule has 0 bridgehead atoms. The lowest BCUT2D eigenvalue weighted by molar-refractivity contribution is 0.231. The lowest BCUT2D eigenvalue weighted by atomic mass is 9.61. The predicted molar refractivity (Wildman–Crippen MR) is 106 cm³/mol. The summed E-state index contributed by atoms with van der Waals surface area (Å²) >= 11 is 0. The molecule has 1 aliphatic heterocycles. The number of aromatic nitrogens is 2. The van der Waals surface area contributed by atoms with Crippen molar-refractivity contribution in [2.24, 2.45) is 0 Å². The van der Waals surface area contributed by atoms with Gasteiger partial charge in [0.15, 0.2) is 15.7 Å². The molecule has 1 aliphatic rings. The van der Waals surface area contributed by atoms with Gasteiger partial charge in [-0.3, -0.25) is 4.57 Å². The highest BCUT2D eigenvalue weighted by molar-refractivity contribution is 6.39. The van der Waals surface area contributed by atoms with Crippen LogP contribution in [-0.2, 0) is 11.9 Å². The molecule has 0 saturated carbocycles. The lowest BCUT2D eigenvalue weighted by Gasteiger charge is -2.36. The highest BCUT2D eigenvalue weighted by Gasteiger charge is 2.39. The van der Waals surface area contributed by atoms with E-state index in [1.807, 2.05) is 0 Å². The number of ether oxygens (including phenoxy) is 1. The van der Waals surface area contributed by atoms with Crippen LogP contribution < -0.4 is 15.3 Å². The van der Waals surface area contributed by atoms with Crippen LogP contribution in [0.3, 0.4) is 0 Å². The van der Waals surface area contributed by atoms with Crippen LogP contribution in [0.25, 0.3) is 0 Å². The Morgan fingerprint density at radius 3 is 2.33 bits per heavy atom. The van der Waals surface area contributed by atoms with Crippen molar-refractivity contribution in [1.29, 1.82) is 0 Å². The third kappa shape index (κ3) is 3.59. The number of hydrogen-bond acceptors (Lipinski definition) is 4. The quantitative estimate of drug-likeness (QED) is 0.751. The van der Waals surface area contributed by atoms with Gasteiger partial charge >= 0.3 is 5.69 Å². The highest BCUT2D eigenvalue weighted by atomic mass is 19.1. The first-order valence-corrected chi connectivity index (χ1v) is 8.97. The number of benzene rings is 1. The van der Waals surface area contributed by atoms with Crippen molar-refractivity contribution in [3.63, 3.8) is 0 Å². The second-order valence-corrected chi connectivity index (χ2v) is 8.37. The van der Waals surface area contributed by atoms with Crippen molar-refractivity contribution in [1.82, 2.24) is 9.55 Å². The molecule has 0 unspecified atom stereocenters. The molecule has 142 valence electrons. The Morgan fingerprint density at radius 1 is 1.19 bits per heavy atom. The molecule has 0 spiro atoms. The minimum absolute atomic E-state index is 0.129. The van der Waals surface area contributed by atoms with Gasteiger partial charge in [-0.1, -0.05) is 0 Å². The fourth-order valence-corrected chi connectivity index (χ4v) is 3.83. The van der Waals surface area contributed by atoms with E-state index < -0.39 is 22.7 Å². The summed E-state index contributed by atoms with van der Waals surface area (Å²) in [6.45, 7) is 8.79. The summed E-state index contributed by atoms with van der Waals surface area (Å²) in [4.78, 5) is 18.7. The van der Waals surface area contributed by atoms with Gasteiger partial charge in [-0.05, 0) is 45.4 Å². The van der Waals surface area contributed by atoms with Gasteiger partial charge in [0.1, 0.15) is 17.5 Å². The molecular weight excluding hydrogens is 350 g/mol. The Morgan fingerprint density at radius 2 is 1.78 bits per heavy atom. The van der Waals surface area contributed by atoms with E-state index in [-0.39, 0.29) is 17.5 Å². The van der Waals surface area contributed by atoms with E-state index in [2.05, 4.69) is 37.6 Å². The second kappa shape index (κ2) is 6.39. The molecule has 0 N–H and O–H groups in total. The fraction of sp³-hybridized carbons (Fsp3) is 0.444. The average molecular weight is 373 g/mol. The smallest absolute Gasteiger partial charge is 0.352 e. The van der Waals surface area contributed by atoms with Crippen LogP contribution >= 0.6 is 0 Å².